The van der Waals surface area contributed by atoms with Gasteiger partial charge in [-0.2, -0.15) is 0 Å². The number of esters is 1. The van der Waals surface area contributed by atoms with Gasteiger partial charge in [-0.05, 0) is 29.8 Å². The van der Waals surface area contributed by atoms with Crippen molar-refractivity contribution >= 4 is 16.9 Å². The minimum atomic E-state index is -0.976. The monoisotopic (exact) mass is 352 g/mol. The summed E-state index contributed by atoms with van der Waals surface area (Å²) in [6.45, 7) is 0. The van der Waals surface area contributed by atoms with Gasteiger partial charge >= 0.3 is 11.6 Å². The van der Waals surface area contributed by atoms with Crippen LogP contribution in [0.5, 0.6) is 11.5 Å². The summed E-state index contributed by atoms with van der Waals surface area (Å²) in [6.07, 6.45) is -0.976. The number of hydrogen-bond donors (Lipinski definition) is 0. The van der Waals surface area contributed by atoms with Gasteiger partial charge in [-0.1, -0.05) is 24.3 Å². The SMILES string of the molecule is COC(=O)C1Oc2c(c(=O)oc3ccccc23)C1c1cccc(OC)c1. The second-order valence-electron chi connectivity index (χ2n) is 5.94. The predicted molar refractivity (Wildman–Crippen MR) is 93.8 cm³/mol. The molecule has 0 saturated heterocycles. The van der Waals surface area contributed by atoms with Crippen LogP contribution < -0.4 is 15.1 Å². The van der Waals surface area contributed by atoms with E-state index in [1.807, 2.05) is 12.1 Å². The van der Waals surface area contributed by atoms with Crippen LogP contribution in [0.4, 0.5) is 0 Å². The second-order valence-corrected chi connectivity index (χ2v) is 5.94. The van der Waals surface area contributed by atoms with Crippen molar-refractivity contribution in [1.29, 1.82) is 0 Å². The molecule has 26 heavy (non-hydrogen) atoms. The summed E-state index contributed by atoms with van der Waals surface area (Å²) >= 11 is 0. The maximum Gasteiger partial charge on any atom is 0.348 e. The molecule has 1 aromatic heterocycles. The molecule has 0 bridgehead atoms. The number of para-hydroxylation sites is 1. The van der Waals surface area contributed by atoms with E-state index in [4.69, 9.17) is 18.6 Å². The third kappa shape index (κ3) is 2.42. The van der Waals surface area contributed by atoms with Crippen molar-refractivity contribution in [2.45, 2.75) is 12.0 Å². The molecule has 132 valence electrons. The van der Waals surface area contributed by atoms with Gasteiger partial charge in [0.1, 0.15) is 17.1 Å². The van der Waals surface area contributed by atoms with E-state index in [1.165, 1.54) is 7.11 Å². The molecule has 1 aliphatic heterocycles. The first-order valence-corrected chi connectivity index (χ1v) is 8.08. The van der Waals surface area contributed by atoms with Crippen molar-refractivity contribution < 1.29 is 23.4 Å². The lowest BCUT2D eigenvalue weighted by Crippen LogP contribution is -2.31. The highest BCUT2D eigenvalue weighted by molar-refractivity contribution is 5.88. The number of fused-ring (bicyclic) bond motifs is 3. The highest BCUT2D eigenvalue weighted by Crippen LogP contribution is 2.44. The summed E-state index contributed by atoms with van der Waals surface area (Å²) in [5.41, 5.74) is 0.900. The minimum Gasteiger partial charge on any atom is -0.497 e. The Balaban J connectivity index is 1.98. The molecule has 2 atom stereocenters. The molecule has 0 aliphatic carbocycles. The quantitative estimate of drug-likeness (QED) is 0.533. The largest absolute Gasteiger partial charge is 0.497 e. The van der Waals surface area contributed by atoms with Gasteiger partial charge in [0.15, 0.2) is 0 Å². The standard InChI is InChI=1S/C20H16O6/c1-23-12-7-5-6-11(10-12)15-16-17(26-18(15)20(22)24-2)13-8-3-4-9-14(13)25-19(16)21/h3-10,15,18H,1-2H3. The molecule has 0 radical (unpaired) electrons. The smallest absolute Gasteiger partial charge is 0.348 e. The first-order chi connectivity index (χ1) is 12.6. The van der Waals surface area contributed by atoms with E-state index >= 15 is 0 Å². The number of hydrogen-bond acceptors (Lipinski definition) is 6. The Labute approximate surface area is 148 Å². The van der Waals surface area contributed by atoms with E-state index in [2.05, 4.69) is 0 Å². The van der Waals surface area contributed by atoms with Crippen LogP contribution in [0.2, 0.25) is 0 Å². The van der Waals surface area contributed by atoms with Gasteiger partial charge in [-0.15, -0.1) is 0 Å². The topological polar surface area (TPSA) is 75.0 Å². The Hall–Kier alpha value is -3.28. The fourth-order valence-electron chi connectivity index (χ4n) is 3.35. The Morgan fingerprint density at radius 3 is 2.65 bits per heavy atom. The maximum absolute atomic E-state index is 12.7. The van der Waals surface area contributed by atoms with E-state index in [9.17, 15) is 9.59 Å². The average molecular weight is 352 g/mol. The molecule has 0 N–H and O–H groups in total. The molecule has 0 amide bonds. The van der Waals surface area contributed by atoms with E-state index in [1.54, 1.807) is 43.5 Å². The minimum absolute atomic E-state index is 0.312. The molecule has 4 rings (SSSR count). The lowest BCUT2D eigenvalue weighted by Gasteiger charge is -2.17. The maximum atomic E-state index is 12.7. The number of carbonyl (C=O) groups is 1. The first kappa shape index (κ1) is 16.2. The lowest BCUT2D eigenvalue weighted by atomic mass is 9.88. The van der Waals surface area contributed by atoms with E-state index in [0.29, 0.717) is 33.6 Å². The van der Waals surface area contributed by atoms with E-state index in [-0.39, 0.29) is 0 Å². The first-order valence-electron chi connectivity index (χ1n) is 8.08. The number of ether oxygens (including phenoxy) is 3. The van der Waals surface area contributed by atoms with Crippen LogP contribution in [-0.2, 0) is 9.53 Å². The molecule has 1 aliphatic rings. The summed E-state index contributed by atoms with van der Waals surface area (Å²) < 4.78 is 21.5. The molecule has 0 fully saturated rings. The van der Waals surface area contributed by atoms with Crippen LogP contribution in [0, 0.1) is 0 Å². The predicted octanol–water partition coefficient (Wildman–Crippen LogP) is 2.87. The summed E-state index contributed by atoms with van der Waals surface area (Å²) in [4.78, 5) is 25.0. The zero-order valence-corrected chi connectivity index (χ0v) is 14.2. The van der Waals surface area contributed by atoms with Gasteiger partial charge < -0.3 is 18.6 Å². The van der Waals surface area contributed by atoms with Crippen LogP contribution in [0.15, 0.2) is 57.7 Å². The average Bonchev–Trinajstić information content (AvgIpc) is 3.09. The zero-order chi connectivity index (χ0) is 18.3. The normalized spacial score (nSPS) is 18.2. The summed E-state index contributed by atoms with van der Waals surface area (Å²) in [7, 11) is 2.84. The van der Waals surface area contributed by atoms with Crippen LogP contribution in [0.25, 0.3) is 11.0 Å². The van der Waals surface area contributed by atoms with Crippen molar-refractivity contribution in [1.82, 2.24) is 0 Å². The molecule has 6 nitrogen and oxygen atoms in total. The Bertz CT molecular complexity index is 1050. The third-order valence-corrected chi connectivity index (χ3v) is 4.54. The van der Waals surface area contributed by atoms with E-state index < -0.39 is 23.6 Å². The van der Waals surface area contributed by atoms with Crippen molar-refractivity contribution in [3.05, 3.63) is 70.1 Å². The van der Waals surface area contributed by atoms with Crippen LogP contribution in [-0.4, -0.2) is 26.3 Å². The molecule has 2 aromatic carbocycles. The summed E-state index contributed by atoms with van der Waals surface area (Å²) in [5, 5.41) is 0.640. The second kappa shape index (κ2) is 6.22. The number of methoxy groups -OCH3 is 2. The molecule has 3 aromatic rings. The third-order valence-electron chi connectivity index (χ3n) is 4.54. The van der Waals surface area contributed by atoms with Gasteiger partial charge in [0, 0.05) is 0 Å². The van der Waals surface area contributed by atoms with Crippen molar-refractivity contribution in [3.8, 4) is 11.5 Å². The molecule has 0 saturated carbocycles. The zero-order valence-electron chi connectivity index (χ0n) is 14.2. The molecule has 6 heteroatoms. The van der Waals surface area contributed by atoms with Gasteiger partial charge in [-0.3, -0.25) is 0 Å². The number of carbonyl (C=O) groups excluding carboxylic acids is 1. The highest BCUT2D eigenvalue weighted by atomic mass is 16.6. The Kier molecular flexibility index (Phi) is 3.88. The lowest BCUT2D eigenvalue weighted by molar-refractivity contribution is -0.148. The molecular weight excluding hydrogens is 336 g/mol. The highest BCUT2D eigenvalue weighted by Gasteiger charge is 2.45. The van der Waals surface area contributed by atoms with Crippen LogP contribution >= 0.6 is 0 Å². The van der Waals surface area contributed by atoms with Crippen molar-refractivity contribution in [2.75, 3.05) is 14.2 Å². The van der Waals surface area contributed by atoms with Gasteiger partial charge in [-0.25, -0.2) is 9.59 Å². The summed E-state index contributed by atoms with van der Waals surface area (Å²) in [5.74, 6) is -0.226. The van der Waals surface area contributed by atoms with Crippen molar-refractivity contribution in [2.24, 2.45) is 0 Å². The Morgan fingerprint density at radius 1 is 1.08 bits per heavy atom. The fourth-order valence-corrected chi connectivity index (χ4v) is 3.35. The number of rotatable bonds is 3. The van der Waals surface area contributed by atoms with Gasteiger partial charge in [0.2, 0.25) is 6.10 Å². The van der Waals surface area contributed by atoms with Crippen LogP contribution in [0.1, 0.15) is 17.0 Å². The van der Waals surface area contributed by atoms with Crippen molar-refractivity contribution in [3.63, 3.8) is 0 Å². The Morgan fingerprint density at radius 2 is 1.88 bits per heavy atom. The molecule has 2 heterocycles. The molecule has 0 spiro atoms. The van der Waals surface area contributed by atoms with Gasteiger partial charge in [0.05, 0.1) is 31.1 Å². The summed E-state index contributed by atoms with van der Waals surface area (Å²) in [6, 6.07) is 14.2. The van der Waals surface area contributed by atoms with Gasteiger partial charge in [0.25, 0.3) is 0 Å². The molecular formula is C20H16O6. The number of benzene rings is 2. The van der Waals surface area contributed by atoms with Crippen LogP contribution in [0.3, 0.4) is 0 Å². The fraction of sp³-hybridized carbons (Fsp3) is 0.200. The molecule has 2 unspecified atom stereocenters. The van der Waals surface area contributed by atoms with E-state index in [0.717, 1.165) is 0 Å².